The third-order valence-electron chi connectivity index (χ3n) is 6.02. The van der Waals surface area contributed by atoms with Crippen LogP contribution in [0.3, 0.4) is 0 Å². The number of nitrogens with zero attached hydrogens (tertiary/aromatic N) is 3. The summed E-state index contributed by atoms with van der Waals surface area (Å²) in [5.74, 6) is -2.82. The molecule has 0 amide bonds. The fourth-order valence-corrected chi connectivity index (χ4v) is 4.68. The van der Waals surface area contributed by atoms with E-state index in [0.29, 0.717) is 12.1 Å². The molecule has 7 nitrogen and oxygen atoms in total. The molecule has 4 rings (SSSR count). The molecule has 2 aliphatic heterocycles. The summed E-state index contributed by atoms with van der Waals surface area (Å²) in [6.45, 7) is 2.41. The second-order valence-electron chi connectivity index (χ2n) is 7.80. The molecule has 2 fully saturated rings. The standard InChI is InChI=1S/C20H22F2N4O3/c21-14-9-13(10-15(22)11-14)12-25-8-4-20(2-5-23-6-3-20)17(25)18(27)26-7-1-16(24-26)19(28)29/h1,7,9-11,17,23H,2-6,8,12H2,(H,28,29). The lowest BCUT2D eigenvalue weighted by Gasteiger charge is -2.40. The Morgan fingerprint density at radius 3 is 2.48 bits per heavy atom. The van der Waals surface area contributed by atoms with Crippen LogP contribution in [0.2, 0.25) is 0 Å². The van der Waals surface area contributed by atoms with Gasteiger partial charge < -0.3 is 10.4 Å². The molecule has 1 unspecified atom stereocenters. The molecule has 0 saturated carbocycles. The van der Waals surface area contributed by atoms with E-state index in [1.165, 1.54) is 24.4 Å². The zero-order chi connectivity index (χ0) is 20.6. The molecular weight excluding hydrogens is 382 g/mol. The van der Waals surface area contributed by atoms with E-state index in [-0.39, 0.29) is 23.6 Å². The lowest BCUT2D eigenvalue weighted by atomic mass is 9.72. The molecule has 0 bridgehead atoms. The van der Waals surface area contributed by atoms with E-state index in [0.717, 1.165) is 43.1 Å². The van der Waals surface area contributed by atoms with Gasteiger partial charge in [0.1, 0.15) is 11.6 Å². The van der Waals surface area contributed by atoms with E-state index in [1.54, 1.807) is 0 Å². The average molecular weight is 404 g/mol. The van der Waals surface area contributed by atoms with Crippen LogP contribution in [0, 0.1) is 17.0 Å². The van der Waals surface area contributed by atoms with Crippen molar-refractivity contribution in [3.8, 4) is 0 Å². The first kappa shape index (κ1) is 19.7. The van der Waals surface area contributed by atoms with Crippen LogP contribution < -0.4 is 5.32 Å². The third-order valence-corrected chi connectivity index (χ3v) is 6.02. The van der Waals surface area contributed by atoms with Gasteiger partial charge in [-0.25, -0.2) is 18.3 Å². The highest BCUT2D eigenvalue weighted by molar-refractivity contribution is 5.88. The number of aromatic nitrogens is 2. The fourth-order valence-electron chi connectivity index (χ4n) is 4.68. The van der Waals surface area contributed by atoms with Gasteiger partial charge in [0.15, 0.2) is 5.69 Å². The number of halogens is 2. The SMILES string of the molecule is O=C(O)c1ccn(C(=O)C2N(Cc3cc(F)cc(F)c3)CCC23CCNCC3)n1. The van der Waals surface area contributed by atoms with Crippen LogP contribution in [-0.2, 0) is 6.54 Å². The molecule has 1 atom stereocenters. The van der Waals surface area contributed by atoms with Crippen LogP contribution in [0.5, 0.6) is 0 Å². The number of carboxylic acids is 1. The summed E-state index contributed by atoms with van der Waals surface area (Å²) >= 11 is 0. The van der Waals surface area contributed by atoms with Gasteiger partial charge in [-0.2, -0.15) is 5.10 Å². The van der Waals surface area contributed by atoms with Gasteiger partial charge in [0.05, 0.1) is 6.04 Å². The van der Waals surface area contributed by atoms with Crippen molar-refractivity contribution in [1.29, 1.82) is 0 Å². The molecule has 2 saturated heterocycles. The Labute approximate surface area is 166 Å². The van der Waals surface area contributed by atoms with Gasteiger partial charge >= 0.3 is 5.97 Å². The maximum Gasteiger partial charge on any atom is 0.356 e. The van der Waals surface area contributed by atoms with Crippen molar-refractivity contribution in [3.05, 3.63) is 53.4 Å². The Morgan fingerprint density at radius 2 is 1.86 bits per heavy atom. The molecule has 3 heterocycles. The van der Waals surface area contributed by atoms with Crippen molar-refractivity contribution in [2.75, 3.05) is 19.6 Å². The molecule has 9 heteroatoms. The van der Waals surface area contributed by atoms with Gasteiger partial charge in [-0.1, -0.05) is 0 Å². The Kier molecular flexibility index (Phi) is 5.18. The molecule has 0 aliphatic carbocycles. The summed E-state index contributed by atoms with van der Waals surface area (Å²) in [5.41, 5.74) is -0.0174. The predicted molar refractivity (Wildman–Crippen MR) is 99.5 cm³/mol. The number of aromatic carboxylic acids is 1. The van der Waals surface area contributed by atoms with Crippen LogP contribution in [0.1, 0.15) is 40.1 Å². The molecule has 2 aliphatic rings. The quantitative estimate of drug-likeness (QED) is 0.812. The number of likely N-dealkylation sites (tertiary alicyclic amines) is 1. The van der Waals surface area contributed by atoms with Crippen LogP contribution in [0.15, 0.2) is 30.5 Å². The van der Waals surface area contributed by atoms with Gasteiger partial charge in [0.2, 0.25) is 0 Å². The number of hydrogen-bond donors (Lipinski definition) is 2. The third kappa shape index (κ3) is 3.79. The maximum absolute atomic E-state index is 13.6. The Bertz CT molecular complexity index is 919. The van der Waals surface area contributed by atoms with Crippen molar-refractivity contribution in [2.24, 2.45) is 5.41 Å². The molecule has 1 aromatic carbocycles. The molecule has 1 aromatic heterocycles. The molecule has 29 heavy (non-hydrogen) atoms. The first-order valence-corrected chi connectivity index (χ1v) is 9.61. The minimum Gasteiger partial charge on any atom is -0.476 e. The number of hydrogen-bond acceptors (Lipinski definition) is 5. The van der Waals surface area contributed by atoms with E-state index in [4.69, 9.17) is 5.11 Å². The van der Waals surface area contributed by atoms with E-state index in [9.17, 15) is 18.4 Å². The minimum absolute atomic E-state index is 0.200. The van der Waals surface area contributed by atoms with Gasteiger partial charge in [0, 0.05) is 18.8 Å². The largest absolute Gasteiger partial charge is 0.476 e. The van der Waals surface area contributed by atoms with Crippen molar-refractivity contribution in [1.82, 2.24) is 20.0 Å². The first-order valence-electron chi connectivity index (χ1n) is 9.61. The van der Waals surface area contributed by atoms with Gasteiger partial charge in [-0.15, -0.1) is 0 Å². The van der Waals surface area contributed by atoms with E-state index in [1.807, 2.05) is 4.90 Å². The van der Waals surface area contributed by atoms with Crippen molar-refractivity contribution < 1.29 is 23.5 Å². The predicted octanol–water partition coefficient (Wildman–Crippen LogP) is 2.14. The monoisotopic (exact) mass is 404 g/mol. The van der Waals surface area contributed by atoms with Gasteiger partial charge in [-0.05, 0) is 68.1 Å². The van der Waals surface area contributed by atoms with E-state index < -0.39 is 23.6 Å². The molecule has 2 N–H and O–H groups in total. The van der Waals surface area contributed by atoms with Crippen LogP contribution >= 0.6 is 0 Å². The van der Waals surface area contributed by atoms with E-state index >= 15 is 0 Å². The molecule has 0 radical (unpaired) electrons. The Morgan fingerprint density at radius 1 is 1.17 bits per heavy atom. The summed E-state index contributed by atoms with van der Waals surface area (Å²) < 4.78 is 28.4. The number of piperidine rings is 1. The lowest BCUT2D eigenvalue weighted by molar-refractivity contribution is 0.0542. The lowest BCUT2D eigenvalue weighted by Crippen LogP contribution is -2.51. The highest BCUT2D eigenvalue weighted by Gasteiger charge is 2.51. The fraction of sp³-hybridized carbons (Fsp3) is 0.450. The summed E-state index contributed by atoms with van der Waals surface area (Å²) in [5, 5.41) is 16.3. The van der Waals surface area contributed by atoms with Crippen LogP contribution in [-0.4, -0.2) is 57.3 Å². The Hall–Kier alpha value is -2.65. The highest BCUT2D eigenvalue weighted by atomic mass is 19.1. The normalized spacial score (nSPS) is 21.5. The number of benzene rings is 1. The highest BCUT2D eigenvalue weighted by Crippen LogP contribution is 2.45. The number of carbonyl (C=O) groups excluding carboxylic acids is 1. The average Bonchev–Trinajstić information content (AvgIpc) is 3.28. The number of carbonyl (C=O) groups is 2. The van der Waals surface area contributed by atoms with Gasteiger partial charge in [0.25, 0.3) is 5.91 Å². The second-order valence-corrected chi connectivity index (χ2v) is 7.80. The summed E-state index contributed by atoms with van der Waals surface area (Å²) in [7, 11) is 0. The topological polar surface area (TPSA) is 87.5 Å². The zero-order valence-corrected chi connectivity index (χ0v) is 15.8. The Balaban J connectivity index is 1.66. The van der Waals surface area contributed by atoms with Crippen molar-refractivity contribution >= 4 is 11.9 Å². The minimum atomic E-state index is -1.20. The number of rotatable bonds is 4. The van der Waals surface area contributed by atoms with Crippen molar-refractivity contribution in [2.45, 2.75) is 31.8 Å². The maximum atomic E-state index is 13.6. The summed E-state index contributed by atoms with van der Waals surface area (Å²) in [4.78, 5) is 26.5. The zero-order valence-electron chi connectivity index (χ0n) is 15.8. The molecule has 2 aromatic rings. The smallest absolute Gasteiger partial charge is 0.356 e. The molecule has 154 valence electrons. The van der Waals surface area contributed by atoms with E-state index in [2.05, 4.69) is 10.4 Å². The molecule has 1 spiro atoms. The number of carboxylic acid groups (broad SMARTS) is 1. The van der Waals surface area contributed by atoms with Crippen LogP contribution in [0.4, 0.5) is 8.78 Å². The number of nitrogens with one attached hydrogen (secondary N) is 1. The van der Waals surface area contributed by atoms with Crippen molar-refractivity contribution in [3.63, 3.8) is 0 Å². The van der Waals surface area contributed by atoms with Crippen LogP contribution in [0.25, 0.3) is 0 Å². The second kappa shape index (κ2) is 7.64. The van der Waals surface area contributed by atoms with Gasteiger partial charge in [-0.3, -0.25) is 9.69 Å². The first-order chi connectivity index (χ1) is 13.9. The summed E-state index contributed by atoms with van der Waals surface area (Å²) in [6, 6.07) is 4.11. The summed E-state index contributed by atoms with van der Waals surface area (Å²) in [6.07, 6.45) is 3.74. The molecular formula is C20H22F2N4O3.